The van der Waals surface area contributed by atoms with Crippen LogP contribution in [0.5, 0.6) is 11.5 Å². The molecule has 4 rings (SSSR count). The highest BCUT2D eigenvalue weighted by atomic mass is 79.9. The standard InChI is InChI=1S/C20H19BrN4O2S/c21-14-10-17(27-16-4-2-1-3-5-16)18(23-11-14)25-20-24-15(12-28-20)7-6-13-8-9-22-19(13)26/h1-5,10-13H,6-9H2,(H,22,26)(H,23,24,25). The molecule has 1 saturated heterocycles. The number of pyridine rings is 1. The van der Waals surface area contributed by atoms with Crippen LogP contribution < -0.4 is 15.4 Å². The molecule has 0 radical (unpaired) electrons. The van der Waals surface area contributed by atoms with Crippen molar-refractivity contribution < 1.29 is 9.53 Å². The predicted octanol–water partition coefficient (Wildman–Crippen LogP) is 4.91. The SMILES string of the molecule is O=C1NCCC1CCc1csc(Nc2ncc(Br)cc2Oc2ccccc2)n1. The van der Waals surface area contributed by atoms with Gasteiger partial charge in [-0.25, -0.2) is 9.97 Å². The van der Waals surface area contributed by atoms with Gasteiger partial charge in [0.1, 0.15) is 5.75 Å². The summed E-state index contributed by atoms with van der Waals surface area (Å²) in [6, 6.07) is 11.4. The highest BCUT2D eigenvalue weighted by molar-refractivity contribution is 9.10. The number of para-hydroxylation sites is 1. The largest absolute Gasteiger partial charge is 0.453 e. The number of ether oxygens (including phenoxy) is 1. The van der Waals surface area contributed by atoms with E-state index in [0.29, 0.717) is 11.6 Å². The van der Waals surface area contributed by atoms with Crippen molar-refractivity contribution in [2.75, 3.05) is 11.9 Å². The predicted molar refractivity (Wildman–Crippen MR) is 113 cm³/mol. The van der Waals surface area contributed by atoms with Crippen molar-refractivity contribution in [2.24, 2.45) is 5.92 Å². The normalized spacial score (nSPS) is 16.0. The minimum atomic E-state index is 0.108. The number of thiazole rings is 1. The number of aromatic nitrogens is 2. The van der Waals surface area contributed by atoms with Gasteiger partial charge in [-0.2, -0.15) is 0 Å². The van der Waals surface area contributed by atoms with E-state index >= 15 is 0 Å². The van der Waals surface area contributed by atoms with Crippen LogP contribution in [0.15, 0.2) is 52.4 Å². The second-order valence-electron chi connectivity index (χ2n) is 6.50. The lowest BCUT2D eigenvalue weighted by Gasteiger charge is -2.11. The molecule has 0 saturated carbocycles. The number of hydrogen-bond acceptors (Lipinski definition) is 6. The summed E-state index contributed by atoms with van der Waals surface area (Å²) in [7, 11) is 0. The van der Waals surface area contributed by atoms with Crippen molar-refractivity contribution in [1.29, 1.82) is 0 Å². The molecule has 1 fully saturated rings. The smallest absolute Gasteiger partial charge is 0.223 e. The number of carbonyl (C=O) groups excluding carboxylic acids is 1. The molecule has 1 aromatic carbocycles. The highest BCUT2D eigenvalue weighted by Gasteiger charge is 2.23. The van der Waals surface area contributed by atoms with Crippen LogP contribution in [0, 0.1) is 5.92 Å². The molecule has 2 N–H and O–H groups in total. The Hall–Kier alpha value is -2.45. The maximum absolute atomic E-state index is 11.7. The molecule has 1 unspecified atom stereocenters. The third kappa shape index (κ3) is 4.69. The first-order chi connectivity index (χ1) is 13.7. The number of anilines is 2. The lowest BCUT2D eigenvalue weighted by Crippen LogP contribution is -2.19. The maximum Gasteiger partial charge on any atom is 0.223 e. The minimum Gasteiger partial charge on any atom is -0.453 e. The fraction of sp³-hybridized carbons (Fsp3) is 0.250. The fourth-order valence-corrected chi connectivity index (χ4v) is 4.09. The summed E-state index contributed by atoms with van der Waals surface area (Å²) in [4.78, 5) is 20.7. The molecule has 0 bridgehead atoms. The first kappa shape index (κ1) is 18.9. The number of aryl methyl sites for hydroxylation is 1. The molecule has 6 nitrogen and oxygen atoms in total. The Balaban J connectivity index is 1.44. The second-order valence-corrected chi connectivity index (χ2v) is 8.27. The first-order valence-corrected chi connectivity index (χ1v) is 10.7. The van der Waals surface area contributed by atoms with Crippen molar-refractivity contribution >= 4 is 44.1 Å². The Labute approximate surface area is 175 Å². The van der Waals surface area contributed by atoms with Crippen LogP contribution in [-0.4, -0.2) is 22.4 Å². The van der Waals surface area contributed by atoms with Crippen molar-refractivity contribution in [3.8, 4) is 11.5 Å². The van der Waals surface area contributed by atoms with E-state index in [2.05, 4.69) is 36.5 Å². The summed E-state index contributed by atoms with van der Waals surface area (Å²) in [5.74, 6) is 2.22. The molecule has 0 spiro atoms. The molecular weight excluding hydrogens is 440 g/mol. The number of nitrogens with one attached hydrogen (secondary N) is 2. The maximum atomic E-state index is 11.7. The topological polar surface area (TPSA) is 76.1 Å². The van der Waals surface area contributed by atoms with Crippen molar-refractivity contribution in [3.63, 3.8) is 0 Å². The number of rotatable bonds is 7. The van der Waals surface area contributed by atoms with Gasteiger partial charge in [-0.05, 0) is 47.3 Å². The van der Waals surface area contributed by atoms with Gasteiger partial charge in [0, 0.05) is 34.6 Å². The summed E-state index contributed by atoms with van der Waals surface area (Å²) in [5, 5.41) is 8.90. The van der Waals surface area contributed by atoms with Gasteiger partial charge in [-0.3, -0.25) is 4.79 Å². The minimum absolute atomic E-state index is 0.108. The van der Waals surface area contributed by atoms with E-state index in [9.17, 15) is 4.79 Å². The quantitative estimate of drug-likeness (QED) is 0.526. The Morgan fingerprint density at radius 1 is 1.32 bits per heavy atom. The zero-order chi connectivity index (χ0) is 19.3. The molecule has 3 aromatic rings. The number of carbonyl (C=O) groups is 1. The molecule has 3 heterocycles. The lowest BCUT2D eigenvalue weighted by molar-refractivity contribution is -0.122. The molecule has 1 atom stereocenters. The van der Waals surface area contributed by atoms with Gasteiger partial charge in [-0.15, -0.1) is 11.3 Å². The van der Waals surface area contributed by atoms with Crippen LogP contribution in [0.3, 0.4) is 0 Å². The summed E-state index contributed by atoms with van der Waals surface area (Å²) in [5.41, 5.74) is 0.981. The molecule has 8 heteroatoms. The zero-order valence-electron chi connectivity index (χ0n) is 15.0. The van der Waals surface area contributed by atoms with Crippen LogP contribution in [0.1, 0.15) is 18.5 Å². The Bertz CT molecular complexity index is 964. The van der Waals surface area contributed by atoms with Gasteiger partial charge in [0.2, 0.25) is 5.91 Å². The second kappa shape index (κ2) is 8.70. The van der Waals surface area contributed by atoms with Crippen LogP contribution in [-0.2, 0) is 11.2 Å². The van der Waals surface area contributed by atoms with Crippen molar-refractivity contribution in [3.05, 3.63) is 58.1 Å². The van der Waals surface area contributed by atoms with Crippen molar-refractivity contribution in [2.45, 2.75) is 19.3 Å². The summed E-state index contributed by atoms with van der Waals surface area (Å²) >= 11 is 4.96. The Kier molecular flexibility index (Phi) is 5.87. The third-order valence-corrected chi connectivity index (χ3v) is 5.72. The van der Waals surface area contributed by atoms with Crippen molar-refractivity contribution in [1.82, 2.24) is 15.3 Å². The van der Waals surface area contributed by atoms with E-state index in [-0.39, 0.29) is 11.8 Å². The van der Waals surface area contributed by atoms with Gasteiger partial charge >= 0.3 is 0 Å². The summed E-state index contributed by atoms with van der Waals surface area (Å²) in [6.07, 6.45) is 4.25. The van der Waals surface area contributed by atoms with Crippen LogP contribution in [0.25, 0.3) is 0 Å². The van der Waals surface area contributed by atoms with Gasteiger partial charge in [-0.1, -0.05) is 18.2 Å². The number of benzene rings is 1. The number of hydrogen-bond donors (Lipinski definition) is 2. The van der Waals surface area contributed by atoms with E-state index in [1.807, 2.05) is 41.8 Å². The number of nitrogens with zero attached hydrogens (tertiary/aromatic N) is 2. The molecule has 0 aliphatic carbocycles. The van der Waals surface area contributed by atoms with Gasteiger partial charge < -0.3 is 15.4 Å². The summed E-state index contributed by atoms with van der Waals surface area (Å²) < 4.78 is 6.81. The average Bonchev–Trinajstić information content (AvgIpc) is 3.32. The van der Waals surface area contributed by atoms with Gasteiger partial charge in [0.15, 0.2) is 16.7 Å². The zero-order valence-corrected chi connectivity index (χ0v) is 17.4. The lowest BCUT2D eigenvalue weighted by atomic mass is 10.0. The number of amides is 1. The average molecular weight is 459 g/mol. The highest BCUT2D eigenvalue weighted by Crippen LogP contribution is 2.33. The molecule has 2 aromatic heterocycles. The van der Waals surface area contributed by atoms with Crippen LogP contribution in [0.2, 0.25) is 0 Å². The van der Waals surface area contributed by atoms with Crippen LogP contribution in [0.4, 0.5) is 10.9 Å². The van der Waals surface area contributed by atoms with E-state index in [1.54, 1.807) is 6.20 Å². The number of halogens is 1. The van der Waals surface area contributed by atoms with E-state index in [0.717, 1.165) is 46.9 Å². The van der Waals surface area contributed by atoms with E-state index in [4.69, 9.17) is 4.74 Å². The molecular formula is C20H19BrN4O2S. The molecule has 144 valence electrons. The fourth-order valence-electron chi connectivity index (χ4n) is 3.03. The molecule has 1 aliphatic heterocycles. The summed E-state index contributed by atoms with van der Waals surface area (Å²) in [6.45, 7) is 0.785. The monoisotopic (exact) mass is 458 g/mol. The third-order valence-electron chi connectivity index (χ3n) is 4.48. The van der Waals surface area contributed by atoms with E-state index < -0.39 is 0 Å². The van der Waals surface area contributed by atoms with Gasteiger partial charge in [0.05, 0.1) is 5.69 Å². The Morgan fingerprint density at radius 3 is 2.96 bits per heavy atom. The van der Waals surface area contributed by atoms with Gasteiger partial charge in [0.25, 0.3) is 0 Å². The molecule has 1 aliphatic rings. The Morgan fingerprint density at radius 2 is 2.18 bits per heavy atom. The van der Waals surface area contributed by atoms with Crippen LogP contribution >= 0.6 is 27.3 Å². The van der Waals surface area contributed by atoms with E-state index in [1.165, 1.54) is 11.3 Å². The molecule has 1 amide bonds. The molecule has 28 heavy (non-hydrogen) atoms. The first-order valence-electron chi connectivity index (χ1n) is 9.05.